The summed E-state index contributed by atoms with van der Waals surface area (Å²) in [5, 5.41) is 6.12. The van der Waals surface area contributed by atoms with Crippen molar-refractivity contribution in [2.45, 2.75) is 6.54 Å². The number of hydrazone groups is 1. The summed E-state index contributed by atoms with van der Waals surface area (Å²) in [5.41, 5.74) is 2.64. The number of carbonyl (C=O) groups is 3. The average molecular weight is 411 g/mol. The standard InChI is InChI=1S/C20H17N3O7/c1-27-17-10-13(6-7-15(17)30-20(26)16-5-3-9-29-16)11-22-23-19(25)18(24)21-12-14-4-2-8-28-14/h2-11H,12H2,1H3,(H,21,24)(H,23,25)/b22-11+. The largest absolute Gasteiger partial charge is 0.493 e. The maximum Gasteiger partial charge on any atom is 0.379 e. The highest BCUT2D eigenvalue weighted by atomic mass is 16.6. The predicted octanol–water partition coefficient (Wildman–Crippen LogP) is 1.87. The smallest absolute Gasteiger partial charge is 0.379 e. The number of esters is 1. The lowest BCUT2D eigenvalue weighted by molar-refractivity contribution is -0.139. The van der Waals surface area contributed by atoms with E-state index in [2.05, 4.69) is 15.8 Å². The fourth-order valence-electron chi connectivity index (χ4n) is 2.27. The zero-order valence-electron chi connectivity index (χ0n) is 15.8. The molecule has 0 aliphatic rings. The number of hydrogen-bond donors (Lipinski definition) is 2. The Kier molecular flexibility index (Phi) is 6.62. The van der Waals surface area contributed by atoms with E-state index in [-0.39, 0.29) is 23.8 Å². The van der Waals surface area contributed by atoms with Crippen LogP contribution in [0.3, 0.4) is 0 Å². The highest BCUT2D eigenvalue weighted by Crippen LogP contribution is 2.28. The molecule has 0 unspecified atom stereocenters. The molecule has 154 valence electrons. The van der Waals surface area contributed by atoms with E-state index >= 15 is 0 Å². The molecule has 2 aromatic heterocycles. The van der Waals surface area contributed by atoms with Crippen molar-refractivity contribution in [3.8, 4) is 11.5 Å². The third-order valence-electron chi connectivity index (χ3n) is 3.70. The molecule has 10 nitrogen and oxygen atoms in total. The Bertz CT molecular complexity index is 1040. The minimum Gasteiger partial charge on any atom is -0.493 e. The minimum absolute atomic E-state index is 0.0516. The Hall–Kier alpha value is -4.34. The maximum absolute atomic E-state index is 12.0. The molecule has 2 N–H and O–H groups in total. The number of hydrogen-bond acceptors (Lipinski definition) is 8. The van der Waals surface area contributed by atoms with Gasteiger partial charge in [0.25, 0.3) is 0 Å². The van der Waals surface area contributed by atoms with Gasteiger partial charge in [0.05, 0.1) is 32.4 Å². The van der Waals surface area contributed by atoms with Gasteiger partial charge < -0.3 is 23.6 Å². The molecular formula is C20H17N3O7. The summed E-state index contributed by atoms with van der Waals surface area (Å²) in [6, 6.07) is 11.0. The maximum atomic E-state index is 12.0. The van der Waals surface area contributed by atoms with Crippen LogP contribution in [0.25, 0.3) is 0 Å². The van der Waals surface area contributed by atoms with Gasteiger partial charge in [-0.25, -0.2) is 10.2 Å². The molecular weight excluding hydrogens is 394 g/mol. The van der Waals surface area contributed by atoms with Gasteiger partial charge in [-0.1, -0.05) is 0 Å². The van der Waals surface area contributed by atoms with Gasteiger partial charge in [0.1, 0.15) is 5.76 Å². The predicted molar refractivity (Wildman–Crippen MR) is 103 cm³/mol. The summed E-state index contributed by atoms with van der Waals surface area (Å²) in [6.07, 6.45) is 4.13. The number of carbonyl (C=O) groups excluding carboxylic acids is 3. The Balaban J connectivity index is 1.55. The molecule has 0 aliphatic carbocycles. The van der Waals surface area contributed by atoms with Gasteiger partial charge in [-0.3, -0.25) is 9.59 Å². The molecule has 0 saturated carbocycles. The Morgan fingerprint density at radius 3 is 2.53 bits per heavy atom. The van der Waals surface area contributed by atoms with Crippen LogP contribution in [0.4, 0.5) is 0 Å². The van der Waals surface area contributed by atoms with Crippen LogP contribution in [0.1, 0.15) is 21.9 Å². The third kappa shape index (κ3) is 5.35. The van der Waals surface area contributed by atoms with E-state index in [9.17, 15) is 14.4 Å². The average Bonchev–Trinajstić information content (AvgIpc) is 3.47. The van der Waals surface area contributed by atoms with E-state index in [1.54, 1.807) is 24.3 Å². The highest BCUT2D eigenvalue weighted by molar-refractivity contribution is 6.35. The summed E-state index contributed by atoms with van der Waals surface area (Å²) >= 11 is 0. The highest BCUT2D eigenvalue weighted by Gasteiger charge is 2.15. The van der Waals surface area contributed by atoms with Gasteiger partial charge in [-0.2, -0.15) is 5.10 Å². The summed E-state index contributed by atoms with van der Waals surface area (Å²) in [7, 11) is 1.41. The topological polar surface area (TPSA) is 132 Å². The molecule has 2 amide bonds. The number of nitrogens with one attached hydrogen (secondary N) is 2. The van der Waals surface area contributed by atoms with Crippen molar-refractivity contribution in [3.63, 3.8) is 0 Å². The van der Waals surface area contributed by atoms with Crippen LogP contribution in [-0.2, 0) is 16.1 Å². The number of furan rings is 2. The molecule has 0 atom stereocenters. The SMILES string of the molecule is COc1cc(/C=N/NC(=O)C(=O)NCc2ccco2)ccc1OC(=O)c1ccco1. The second-order valence-corrected chi connectivity index (χ2v) is 5.74. The van der Waals surface area contributed by atoms with E-state index in [1.807, 2.05) is 0 Å². The molecule has 30 heavy (non-hydrogen) atoms. The summed E-state index contributed by atoms with van der Waals surface area (Å²) in [6.45, 7) is 0.0817. The van der Waals surface area contributed by atoms with Gasteiger partial charge in [0.15, 0.2) is 11.5 Å². The van der Waals surface area contributed by atoms with E-state index < -0.39 is 17.8 Å². The summed E-state index contributed by atoms with van der Waals surface area (Å²) in [5.74, 6) is -1.46. The molecule has 3 aromatic rings. The van der Waals surface area contributed by atoms with Crippen molar-refractivity contribution in [2.24, 2.45) is 5.10 Å². The minimum atomic E-state index is -0.936. The van der Waals surface area contributed by atoms with Crippen molar-refractivity contribution in [3.05, 3.63) is 72.1 Å². The van der Waals surface area contributed by atoms with Crippen molar-refractivity contribution in [1.29, 1.82) is 0 Å². The van der Waals surface area contributed by atoms with Crippen LogP contribution >= 0.6 is 0 Å². The van der Waals surface area contributed by atoms with Crippen LogP contribution in [-0.4, -0.2) is 31.1 Å². The quantitative estimate of drug-likeness (QED) is 0.199. The van der Waals surface area contributed by atoms with Gasteiger partial charge in [-0.05, 0) is 48.0 Å². The van der Waals surface area contributed by atoms with Gasteiger partial charge in [-0.15, -0.1) is 0 Å². The van der Waals surface area contributed by atoms with Crippen molar-refractivity contribution >= 4 is 24.0 Å². The fraction of sp³-hybridized carbons (Fsp3) is 0.100. The molecule has 0 bridgehead atoms. The van der Waals surface area contributed by atoms with Crippen LogP contribution in [0.2, 0.25) is 0 Å². The third-order valence-corrected chi connectivity index (χ3v) is 3.70. The molecule has 0 saturated heterocycles. The Morgan fingerprint density at radius 1 is 1.03 bits per heavy atom. The Labute approximate surface area is 170 Å². The first-order chi connectivity index (χ1) is 14.6. The normalized spacial score (nSPS) is 10.6. The first kappa shape index (κ1) is 20.4. The molecule has 1 aromatic carbocycles. The Morgan fingerprint density at radius 2 is 1.83 bits per heavy atom. The van der Waals surface area contributed by atoms with E-state index in [0.29, 0.717) is 11.3 Å². The summed E-state index contributed by atoms with van der Waals surface area (Å²) < 4.78 is 20.5. The second kappa shape index (κ2) is 9.73. The monoisotopic (exact) mass is 411 g/mol. The number of methoxy groups -OCH3 is 1. The molecule has 0 aliphatic heterocycles. The van der Waals surface area contributed by atoms with E-state index in [4.69, 9.17) is 18.3 Å². The van der Waals surface area contributed by atoms with Crippen molar-refractivity contribution in [2.75, 3.05) is 7.11 Å². The van der Waals surface area contributed by atoms with Crippen LogP contribution in [0.5, 0.6) is 11.5 Å². The number of amides is 2. The van der Waals surface area contributed by atoms with Crippen molar-refractivity contribution < 1.29 is 32.7 Å². The fourth-order valence-corrected chi connectivity index (χ4v) is 2.27. The lowest BCUT2D eigenvalue weighted by atomic mass is 10.2. The first-order valence-corrected chi connectivity index (χ1v) is 8.64. The molecule has 0 fully saturated rings. The van der Waals surface area contributed by atoms with Crippen molar-refractivity contribution in [1.82, 2.24) is 10.7 Å². The lowest BCUT2D eigenvalue weighted by Crippen LogP contribution is -2.37. The number of nitrogens with zero attached hydrogens (tertiary/aromatic N) is 1. The number of benzene rings is 1. The summed E-state index contributed by atoms with van der Waals surface area (Å²) in [4.78, 5) is 35.4. The molecule has 0 spiro atoms. The van der Waals surface area contributed by atoms with Crippen LogP contribution in [0, 0.1) is 0 Å². The number of ether oxygens (including phenoxy) is 2. The zero-order chi connectivity index (χ0) is 21.3. The second-order valence-electron chi connectivity index (χ2n) is 5.74. The van der Waals surface area contributed by atoms with Gasteiger partial charge in [0, 0.05) is 0 Å². The van der Waals surface area contributed by atoms with E-state index in [1.165, 1.54) is 44.0 Å². The lowest BCUT2D eigenvalue weighted by Gasteiger charge is -2.09. The molecule has 0 radical (unpaired) electrons. The van der Waals surface area contributed by atoms with Crippen LogP contribution in [0.15, 0.2) is 68.9 Å². The molecule has 3 rings (SSSR count). The zero-order valence-corrected chi connectivity index (χ0v) is 15.8. The number of rotatable bonds is 7. The first-order valence-electron chi connectivity index (χ1n) is 8.64. The molecule has 2 heterocycles. The molecule has 10 heteroatoms. The van der Waals surface area contributed by atoms with Crippen LogP contribution < -0.4 is 20.2 Å². The van der Waals surface area contributed by atoms with Gasteiger partial charge in [0.2, 0.25) is 5.76 Å². The van der Waals surface area contributed by atoms with E-state index in [0.717, 1.165) is 0 Å². The van der Waals surface area contributed by atoms with Gasteiger partial charge >= 0.3 is 17.8 Å².